The van der Waals surface area contributed by atoms with Crippen molar-refractivity contribution in [2.75, 3.05) is 14.1 Å². The van der Waals surface area contributed by atoms with Gasteiger partial charge in [0, 0.05) is 44.3 Å². The van der Waals surface area contributed by atoms with Gasteiger partial charge >= 0.3 is 0 Å². The SMILES string of the molecule is CN(C)/C=C/C(=O)c1cccnc1. The van der Waals surface area contributed by atoms with E-state index in [0.29, 0.717) is 5.56 Å². The summed E-state index contributed by atoms with van der Waals surface area (Å²) in [4.78, 5) is 17.1. The third-order valence-electron chi connectivity index (χ3n) is 1.47. The van der Waals surface area contributed by atoms with Crippen LogP contribution in [0.25, 0.3) is 0 Å². The van der Waals surface area contributed by atoms with Crippen molar-refractivity contribution >= 4 is 5.78 Å². The molecule has 0 fully saturated rings. The zero-order valence-corrected chi connectivity index (χ0v) is 7.77. The molecule has 0 atom stereocenters. The summed E-state index contributed by atoms with van der Waals surface area (Å²) in [5.74, 6) is -0.0261. The summed E-state index contributed by atoms with van der Waals surface area (Å²) in [6.07, 6.45) is 6.45. The molecule has 3 heteroatoms. The quantitative estimate of drug-likeness (QED) is 0.514. The van der Waals surface area contributed by atoms with Crippen LogP contribution in [-0.2, 0) is 0 Å². The number of carbonyl (C=O) groups excluding carboxylic acids is 1. The molecule has 0 spiro atoms. The molecule has 0 aliphatic heterocycles. The molecule has 0 bridgehead atoms. The first-order valence-electron chi connectivity index (χ1n) is 3.99. The molecule has 0 aliphatic rings. The summed E-state index contributed by atoms with van der Waals surface area (Å²) in [5, 5.41) is 0. The molecule has 0 saturated carbocycles. The first-order valence-corrected chi connectivity index (χ1v) is 3.99. The molecular formula is C10H12N2O. The number of hydrogen-bond acceptors (Lipinski definition) is 3. The summed E-state index contributed by atoms with van der Waals surface area (Å²) >= 11 is 0. The number of ketones is 1. The average molecular weight is 176 g/mol. The fraction of sp³-hybridized carbons (Fsp3) is 0.200. The zero-order chi connectivity index (χ0) is 9.68. The second-order valence-corrected chi connectivity index (χ2v) is 2.89. The Hall–Kier alpha value is -1.64. The molecule has 0 aliphatic carbocycles. The highest BCUT2D eigenvalue weighted by molar-refractivity contribution is 6.04. The molecule has 0 saturated heterocycles. The van der Waals surface area contributed by atoms with Crippen LogP contribution in [0.1, 0.15) is 10.4 Å². The molecule has 1 rings (SSSR count). The Bertz CT molecular complexity index is 304. The molecule has 3 nitrogen and oxygen atoms in total. The lowest BCUT2D eigenvalue weighted by Crippen LogP contribution is -2.03. The van der Waals surface area contributed by atoms with Crippen LogP contribution in [0.15, 0.2) is 36.8 Å². The van der Waals surface area contributed by atoms with Crippen LogP contribution in [0.5, 0.6) is 0 Å². The predicted molar refractivity (Wildman–Crippen MR) is 51.4 cm³/mol. The summed E-state index contributed by atoms with van der Waals surface area (Å²) in [6, 6.07) is 3.49. The number of rotatable bonds is 3. The van der Waals surface area contributed by atoms with Gasteiger partial charge in [-0.3, -0.25) is 9.78 Å². The molecule has 0 N–H and O–H groups in total. The lowest BCUT2D eigenvalue weighted by atomic mass is 10.2. The van der Waals surface area contributed by atoms with E-state index < -0.39 is 0 Å². The summed E-state index contributed by atoms with van der Waals surface area (Å²) in [7, 11) is 3.74. The molecule has 0 aromatic carbocycles. The van der Waals surface area contributed by atoms with E-state index in [1.54, 1.807) is 30.7 Å². The number of carbonyl (C=O) groups is 1. The van der Waals surface area contributed by atoms with Gasteiger partial charge in [-0.1, -0.05) is 0 Å². The van der Waals surface area contributed by atoms with Gasteiger partial charge in [-0.15, -0.1) is 0 Å². The monoisotopic (exact) mass is 176 g/mol. The maximum atomic E-state index is 11.4. The minimum absolute atomic E-state index is 0.0261. The second kappa shape index (κ2) is 4.40. The second-order valence-electron chi connectivity index (χ2n) is 2.89. The number of allylic oxidation sites excluding steroid dienone is 1. The molecule has 13 heavy (non-hydrogen) atoms. The van der Waals surface area contributed by atoms with Crippen LogP contribution >= 0.6 is 0 Å². The topological polar surface area (TPSA) is 33.2 Å². The molecule has 0 radical (unpaired) electrons. The molecule has 1 aromatic heterocycles. The minimum atomic E-state index is -0.0261. The number of pyridine rings is 1. The molecule has 0 unspecified atom stereocenters. The highest BCUT2D eigenvalue weighted by Crippen LogP contribution is 1.98. The highest BCUT2D eigenvalue weighted by Gasteiger charge is 1.99. The molecule has 1 aromatic rings. The van der Waals surface area contributed by atoms with Crippen LogP contribution in [0.2, 0.25) is 0 Å². The summed E-state index contributed by atoms with van der Waals surface area (Å²) in [6.45, 7) is 0. The van der Waals surface area contributed by atoms with Crippen molar-refractivity contribution in [3.05, 3.63) is 42.4 Å². The van der Waals surface area contributed by atoms with E-state index in [1.165, 1.54) is 6.08 Å². The van der Waals surface area contributed by atoms with Gasteiger partial charge in [0.25, 0.3) is 0 Å². The van der Waals surface area contributed by atoms with Crippen molar-refractivity contribution in [1.82, 2.24) is 9.88 Å². The zero-order valence-electron chi connectivity index (χ0n) is 7.77. The van der Waals surface area contributed by atoms with Crippen molar-refractivity contribution in [2.45, 2.75) is 0 Å². The van der Waals surface area contributed by atoms with Crippen LogP contribution in [0.4, 0.5) is 0 Å². The first-order chi connectivity index (χ1) is 6.20. The summed E-state index contributed by atoms with van der Waals surface area (Å²) < 4.78 is 0. The third-order valence-corrected chi connectivity index (χ3v) is 1.47. The number of hydrogen-bond donors (Lipinski definition) is 0. The van der Waals surface area contributed by atoms with Gasteiger partial charge in [-0.05, 0) is 12.1 Å². The van der Waals surface area contributed by atoms with Crippen LogP contribution in [0, 0.1) is 0 Å². The Morgan fingerprint density at radius 2 is 2.31 bits per heavy atom. The van der Waals surface area contributed by atoms with Crippen molar-refractivity contribution in [3.8, 4) is 0 Å². The Kier molecular flexibility index (Phi) is 3.20. The van der Waals surface area contributed by atoms with Crippen LogP contribution < -0.4 is 0 Å². The van der Waals surface area contributed by atoms with Gasteiger partial charge in [0.1, 0.15) is 0 Å². The lowest BCUT2D eigenvalue weighted by molar-refractivity contribution is 0.104. The van der Waals surface area contributed by atoms with Gasteiger partial charge in [-0.2, -0.15) is 0 Å². The Labute approximate surface area is 77.7 Å². The van der Waals surface area contributed by atoms with Gasteiger partial charge in [0.15, 0.2) is 5.78 Å². The first kappa shape index (κ1) is 9.45. The van der Waals surface area contributed by atoms with E-state index in [0.717, 1.165) is 0 Å². The van der Waals surface area contributed by atoms with E-state index in [4.69, 9.17) is 0 Å². The maximum absolute atomic E-state index is 11.4. The predicted octanol–water partition coefficient (Wildman–Crippen LogP) is 1.34. The van der Waals surface area contributed by atoms with Gasteiger partial charge in [0.05, 0.1) is 0 Å². The molecule has 68 valence electrons. The van der Waals surface area contributed by atoms with E-state index in [9.17, 15) is 4.79 Å². The fourth-order valence-corrected chi connectivity index (χ4v) is 0.822. The van der Waals surface area contributed by atoms with Gasteiger partial charge < -0.3 is 4.90 Å². The standard InChI is InChI=1S/C10H12N2O/c1-12(2)7-5-10(13)9-4-3-6-11-8-9/h3-8H,1-2H3/b7-5+. The van der Waals surface area contributed by atoms with Gasteiger partial charge in [0.2, 0.25) is 0 Å². The largest absolute Gasteiger partial charge is 0.383 e. The molecule has 0 amide bonds. The Balaban J connectivity index is 2.70. The highest BCUT2D eigenvalue weighted by atomic mass is 16.1. The Morgan fingerprint density at radius 1 is 1.54 bits per heavy atom. The van der Waals surface area contributed by atoms with E-state index >= 15 is 0 Å². The normalized spacial score (nSPS) is 10.3. The van der Waals surface area contributed by atoms with Crippen molar-refractivity contribution in [1.29, 1.82) is 0 Å². The van der Waals surface area contributed by atoms with E-state index in [2.05, 4.69) is 4.98 Å². The van der Waals surface area contributed by atoms with Crippen LogP contribution in [-0.4, -0.2) is 29.8 Å². The Morgan fingerprint density at radius 3 is 2.85 bits per heavy atom. The number of aromatic nitrogens is 1. The van der Waals surface area contributed by atoms with E-state index in [1.807, 2.05) is 19.0 Å². The van der Waals surface area contributed by atoms with Crippen molar-refractivity contribution < 1.29 is 4.79 Å². The average Bonchev–Trinajstić information content (AvgIpc) is 2.15. The maximum Gasteiger partial charge on any atom is 0.188 e. The molecule has 1 heterocycles. The fourth-order valence-electron chi connectivity index (χ4n) is 0.822. The van der Waals surface area contributed by atoms with Crippen molar-refractivity contribution in [2.24, 2.45) is 0 Å². The van der Waals surface area contributed by atoms with Gasteiger partial charge in [-0.25, -0.2) is 0 Å². The number of nitrogens with zero attached hydrogens (tertiary/aromatic N) is 2. The smallest absolute Gasteiger partial charge is 0.188 e. The summed E-state index contributed by atoms with van der Waals surface area (Å²) in [5.41, 5.74) is 0.612. The third kappa shape index (κ3) is 3.07. The van der Waals surface area contributed by atoms with Crippen molar-refractivity contribution in [3.63, 3.8) is 0 Å². The van der Waals surface area contributed by atoms with Crippen LogP contribution in [0.3, 0.4) is 0 Å². The minimum Gasteiger partial charge on any atom is -0.383 e. The van der Waals surface area contributed by atoms with E-state index in [-0.39, 0.29) is 5.78 Å². The lowest BCUT2D eigenvalue weighted by Gasteiger charge is -2.02. The molecular weight excluding hydrogens is 164 g/mol.